The van der Waals surface area contributed by atoms with Crippen LogP contribution in [-0.4, -0.2) is 23.0 Å². The number of nitrogens with zero attached hydrogens (tertiary/aromatic N) is 3. The molecule has 0 heterocycles. The van der Waals surface area contributed by atoms with Gasteiger partial charge in [0.25, 0.3) is 15.8 Å². The van der Waals surface area contributed by atoms with Crippen LogP contribution in [0.5, 0.6) is 5.75 Å². The number of azo groups is 1. The number of nitro benzene ring substituents is 1. The molecule has 0 bridgehead atoms. The van der Waals surface area contributed by atoms with Gasteiger partial charge in [-0.05, 0) is 18.2 Å². The lowest BCUT2D eigenvalue weighted by Gasteiger charge is -2.06. The fourth-order valence-electron chi connectivity index (χ4n) is 1.73. The summed E-state index contributed by atoms with van der Waals surface area (Å²) < 4.78 is 31.5. The Bertz CT molecular complexity index is 957. The number of nitrogens with two attached hydrogens (primary N) is 2. The summed E-state index contributed by atoms with van der Waals surface area (Å²) >= 11 is 0. The molecule has 2 rings (SSSR count). The number of hydrogen-bond acceptors (Lipinski definition) is 9. The van der Waals surface area contributed by atoms with Crippen LogP contribution in [0, 0.1) is 10.1 Å². The topological polar surface area (TPSA) is 194 Å². The molecule has 0 radical (unpaired) electrons. The first-order valence-corrected chi connectivity index (χ1v) is 7.59. The molecule has 0 aromatic heterocycles. The molecule has 0 amide bonds. The van der Waals surface area contributed by atoms with Crippen LogP contribution in [0.1, 0.15) is 0 Å². The lowest BCUT2D eigenvalue weighted by atomic mass is 10.2. The molecule has 0 aliphatic heterocycles. The molecule has 0 aliphatic rings. The van der Waals surface area contributed by atoms with Crippen LogP contribution in [0.3, 0.4) is 0 Å². The second-order valence-corrected chi connectivity index (χ2v) is 5.94. The zero-order valence-electron chi connectivity index (χ0n) is 11.8. The first-order chi connectivity index (χ1) is 11.1. The summed E-state index contributed by atoms with van der Waals surface area (Å²) in [4.78, 5) is 9.40. The molecular weight excluding hydrogens is 342 g/mol. The molecule has 11 nitrogen and oxygen atoms in total. The van der Waals surface area contributed by atoms with Crippen molar-refractivity contribution in [3.05, 3.63) is 40.4 Å². The second-order valence-electron chi connectivity index (χ2n) is 4.55. The lowest BCUT2D eigenvalue weighted by molar-refractivity contribution is -0.384. The Kier molecular flexibility index (Phi) is 4.35. The number of nitrogen functional groups attached to an aromatic ring is 2. The van der Waals surface area contributed by atoms with E-state index < -0.39 is 19.9 Å². The van der Waals surface area contributed by atoms with Gasteiger partial charge >= 0.3 is 0 Å². The highest BCUT2D eigenvalue weighted by Gasteiger charge is 2.17. The zero-order valence-corrected chi connectivity index (χ0v) is 12.6. The SMILES string of the molecule is Nc1cc(N)c(S(=O)(=O)O)cc1/N=N/c1cc([N+](=O)[O-])ccc1O. The summed E-state index contributed by atoms with van der Waals surface area (Å²) in [5, 5.41) is 27.6. The van der Waals surface area contributed by atoms with Gasteiger partial charge in [-0.25, -0.2) is 0 Å². The van der Waals surface area contributed by atoms with Gasteiger partial charge in [0.1, 0.15) is 22.0 Å². The second kappa shape index (κ2) is 6.10. The summed E-state index contributed by atoms with van der Waals surface area (Å²) in [5.74, 6) is -0.381. The third-order valence-electron chi connectivity index (χ3n) is 2.87. The monoisotopic (exact) mass is 353 g/mol. The van der Waals surface area contributed by atoms with E-state index in [9.17, 15) is 23.6 Å². The fourth-order valence-corrected chi connectivity index (χ4v) is 2.34. The van der Waals surface area contributed by atoms with Gasteiger partial charge < -0.3 is 16.6 Å². The van der Waals surface area contributed by atoms with Gasteiger partial charge in [0.2, 0.25) is 0 Å². The highest BCUT2D eigenvalue weighted by molar-refractivity contribution is 7.86. The minimum absolute atomic E-state index is 0.0476. The molecule has 0 saturated heterocycles. The van der Waals surface area contributed by atoms with Crippen molar-refractivity contribution in [3.63, 3.8) is 0 Å². The van der Waals surface area contributed by atoms with Gasteiger partial charge in [0.05, 0.1) is 16.3 Å². The van der Waals surface area contributed by atoms with Gasteiger partial charge in [-0.2, -0.15) is 8.42 Å². The number of nitro groups is 1. The van der Waals surface area contributed by atoms with Crippen molar-refractivity contribution in [2.24, 2.45) is 10.2 Å². The fraction of sp³-hybridized carbons (Fsp3) is 0. The van der Waals surface area contributed by atoms with Crippen LogP contribution in [0.4, 0.5) is 28.4 Å². The number of anilines is 2. The predicted molar refractivity (Wildman–Crippen MR) is 84.0 cm³/mol. The van der Waals surface area contributed by atoms with Crippen LogP contribution in [-0.2, 0) is 10.1 Å². The molecule has 12 heteroatoms. The van der Waals surface area contributed by atoms with Crippen LogP contribution < -0.4 is 11.5 Å². The van der Waals surface area contributed by atoms with Crippen molar-refractivity contribution in [1.29, 1.82) is 0 Å². The first-order valence-electron chi connectivity index (χ1n) is 6.15. The van der Waals surface area contributed by atoms with E-state index in [1.807, 2.05) is 0 Å². The van der Waals surface area contributed by atoms with E-state index in [0.29, 0.717) is 0 Å². The van der Waals surface area contributed by atoms with Crippen LogP contribution in [0.2, 0.25) is 0 Å². The first kappa shape index (κ1) is 17.1. The van der Waals surface area contributed by atoms with Gasteiger partial charge in [-0.3, -0.25) is 14.7 Å². The number of non-ortho nitro benzene ring substituents is 1. The standard InChI is InChI=1S/C12H11N5O6S/c13-7-4-8(14)12(24(21,22)23)5-9(7)15-16-10-3-6(17(19)20)1-2-11(10)18/h1-5,18H,13-14H2,(H,21,22,23)/b16-15+. The predicted octanol–water partition coefficient (Wildman–Crippen LogP) is 2.13. The zero-order chi connectivity index (χ0) is 18.1. The van der Waals surface area contributed by atoms with E-state index >= 15 is 0 Å². The van der Waals surface area contributed by atoms with Gasteiger partial charge in [0, 0.05) is 12.1 Å². The number of phenolic OH excluding ortho intramolecular Hbond substituents is 1. The molecule has 2 aromatic carbocycles. The summed E-state index contributed by atoms with van der Waals surface area (Å²) in [6.45, 7) is 0. The highest BCUT2D eigenvalue weighted by Crippen LogP contribution is 2.35. The normalized spacial score (nSPS) is 11.7. The maximum atomic E-state index is 11.2. The van der Waals surface area contributed by atoms with E-state index in [4.69, 9.17) is 16.0 Å². The summed E-state index contributed by atoms with van der Waals surface area (Å²) in [6, 6.07) is 5.05. The third kappa shape index (κ3) is 3.56. The lowest BCUT2D eigenvalue weighted by Crippen LogP contribution is -2.04. The number of aromatic hydroxyl groups is 1. The molecule has 0 spiro atoms. The van der Waals surface area contributed by atoms with Crippen LogP contribution in [0.15, 0.2) is 45.5 Å². The van der Waals surface area contributed by atoms with Crippen LogP contribution >= 0.6 is 0 Å². The largest absolute Gasteiger partial charge is 0.506 e. The molecule has 6 N–H and O–H groups in total. The Labute approximate surface area is 135 Å². The van der Waals surface area contributed by atoms with Gasteiger partial charge in [0.15, 0.2) is 0 Å². The summed E-state index contributed by atoms with van der Waals surface area (Å²) in [6.07, 6.45) is 0. The number of hydrogen-bond donors (Lipinski definition) is 4. The Morgan fingerprint density at radius 1 is 1.04 bits per heavy atom. The maximum absolute atomic E-state index is 11.2. The quantitative estimate of drug-likeness (QED) is 0.211. The van der Waals surface area contributed by atoms with Crippen molar-refractivity contribution < 1.29 is 23.0 Å². The molecular formula is C12H11N5O6S. The van der Waals surface area contributed by atoms with Crippen molar-refractivity contribution in [3.8, 4) is 5.75 Å². The van der Waals surface area contributed by atoms with Crippen LogP contribution in [0.25, 0.3) is 0 Å². The Hall–Kier alpha value is -3.25. The molecule has 0 aliphatic carbocycles. The Balaban J connectivity index is 2.50. The smallest absolute Gasteiger partial charge is 0.296 e. The Morgan fingerprint density at radius 3 is 2.25 bits per heavy atom. The summed E-state index contributed by atoms with van der Waals surface area (Å²) in [5.41, 5.74) is 10.0. The van der Waals surface area contributed by atoms with Gasteiger partial charge in [-0.1, -0.05) is 0 Å². The molecule has 0 saturated carbocycles. The highest BCUT2D eigenvalue weighted by atomic mass is 32.2. The van der Waals surface area contributed by atoms with E-state index in [1.54, 1.807) is 0 Å². The molecule has 126 valence electrons. The minimum atomic E-state index is -4.60. The van der Waals surface area contributed by atoms with E-state index in [0.717, 1.165) is 30.3 Å². The van der Waals surface area contributed by atoms with Crippen molar-refractivity contribution >= 4 is 38.6 Å². The average molecular weight is 353 g/mol. The molecule has 0 atom stereocenters. The molecule has 0 unspecified atom stereocenters. The minimum Gasteiger partial charge on any atom is -0.506 e. The van der Waals surface area contributed by atoms with Crippen molar-refractivity contribution in [2.75, 3.05) is 11.5 Å². The van der Waals surface area contributed by atoms with E-state index in [2.05, 4.69) is 10.2 Å². The molecule has 2 aromatic rings. The number of phenols is 1. The van der Waals surface area contributed by atoms with Gasteiger partial charge in [-0.15, -0.1) is 10.2 Å². The number of rotatable bonds is 4. The third-order valence-corrected chi connectivity index (χ3v) is 3.78. The Morgan fingerprint density at radius 2 is 1.67 bits per heavy atom. The number of benzene rings is 2. The van der Waals surface area contributed by atoms with E-state index in [1.165, 1.54) is 0 Å². The summed E-state index contributed by atoms with van der Waals surface area (Å²) in [7, 11) is -4.60. The van der Waals surface area contributed by atoms with E-state index in [-0.39, 0.29) is 34.2 Å². The van der Waals surface area contributed by atoms with Crippen molar-refractivity contribution in [1.82, 2.24) is 0 Å². The molecule has 24 heavy (non-hydrogen) atoms. The maximum Gasteiger partial charge on any atom is 0.296 e. The van der Waals surface area contributed by atoms with Crippen molar-refractivity contribution in [2.45, 2.75) is 4.90 Å². The molecule has 0 fully saturated rings. The average Bonchev–Trinajstić information content (AvgIpc) is 2.46.